The summed E-state index contributed by atoms with van der Waals surface area (Å²) in [5, 5.41) is 10.3. The van der Waals surface area contributed by atoms with Crippen molar-refractivity contribution < 1.29 is 23.0 Å². The van der Waals surface area contributed by atoms with Gasteiger partial charge in [0, 0.05) is 30.2 Å². The third-order valence-corrected chi connectivity index (χ3v) is 6.77. The number of aliphatic hydroxyl groups excluding tert-OH is 1. The Hall–Kier alpha value is -2.88. The summed E-state index contributed by atoms with van der Waals surface area (Å²) in [4.78, 5) is 15.4. The number of rotatable bonds is 6. The average molecular weight is 430 g/mol. The van der Waals surface area contributed by atoms with Crippen molar-refractivity contribution in [3.05, 3.63) is 63.9 Å². The molecule has 0 bridgehead atoms. The summed E-state index contributed by atoms with van der Waals surface area (Å²) in [6.07, 6.45) is 0. The van der Waals surface area contributed by atoms with E-state index in [1.54, 1.807) is 12.1 Å². The molecule has 1 aromatic heterocycles. The maximum atomic E-state index is 13.2. The van der Waals surface area contributed by atoms with Crippen LogP contribution in [-0.4, -0.2) is 49.2 Å². The number of fused-ring (bicyclic) bond motifs is 2. The number of sulfonamides is 1. The number of H-pyrrole nitrogens is 1. The van der Waals surface area contributed by atoms with Gasteiger partial charge in [0.15, 0.2) is 11.5 Å². The molecule has 0 spiro atoms. The lowest BCUT2D eigenvalue weighted by Crippen LogP contribution is -2.35. The summed E-state index contributed by atoms with van der Waals surface area (Å²) in [6, 6.07) is 11.7. The van der Waals surface area contributed by atoms with Crippen molar-refractivity contribution in [2.45, 2.75) is 18.4 Å². The predicted octanol–water partition coefficient (Wildman–Crippen LogP) is 1.79. The number of hydrogen-bond donors (Lipinski definition) is 2. The largest absolute Gasteiger partial charge is 0.486 e. The van der Waals surface area contributed by atoms with Crippen LogP contribution in [-0.2, 0) is 16.6 Å². The maximum absolute atomic E-state index is 13.2. The zero-order chi connectivity index (χ0) is 21.3. The molecule has 0 radical (unpaired) electrons. The fourth-order valence-electron chi connectivity index (χ4n) is 3.40. The van der Waals surface area contributed by atoms with Gasteiger partial charge in [-0.2, -0.15) is 4.31 Å². The summed E-state index contributed by atoms with van der Waals surface area (Å²) < 4.78 is 38.5. The molecule has 8 nitrogen and oxygen atoms in total. The summed E-state index contributed by atoms with van der Waals surface area (Å²) in [5.74, 6) is 0.834. The lowest BCUT2D eigenvalue weighted by molar-refractivity contribution is 0.171. The van der Waals surface area contributed by atoms with E-state index in [1.807, 2.05) is 25.1 Å². The minimum Gasteiger partial charge on any atom is -0.486 e. The van der Waals surface area contributed by atoms with Gasteiger partial charge in [-0.1, -0.05) is 12.1 Å². The van der Waals surface area contributed by atoms with Gasteiger partial charge in [0.1, 0.15) is 13.2 Å². The van der Waals surface area contributed by atoms with E-state index in [4.69, 9.17) is 9.47 Å². The second-order valence-corrected chi connectivity index (χ2v) is 9.02. The van der Waals surface area contributed by atoms with Crippen LogP contribution in [0.1, 0.15) is 11.1 Å². The molecule has 1 aliphatic rings. The van der Waals surface area contributed by atoms with Crippen LogP contribution in [0.25, 0.3) is 10.9 Å². The minimum atomic E-state index is -3.99. The molecule has 0 aliphatic carbocycles. The van der Waals surface area contributed by atoms with Crippen LogP contribution in [0.4, 0.5) is 0 Å². The zero-order valence-electron chi connectivity index (χ0n) is 16.4. The number of hydrogen-bond acceptors (Lipinski definition) is 6. The van der Waals surface area contributed by atoms with Crippen molar-refractivity contribution in [2.75, 3.05) is 26.4 Å². The number of pyridine rings is 1. The summed E-state index contributed by atoms with van der Waals surface area (Å²) >= 11 is 0. The van der Waals surface area contributed by atoms with Crippen LogP contribution < -0.4 is 15.0 Å². The van der Waals surface area contributed by atoms with Crippen LogP contribution in [0.3, 0.4) is 0 Å². The van der Waals surface area contributed by atoms with Crippen LogP contribution in [0, 0.1) is 6.92 Å². The van der Waals surface area contributed by atoms with E-state index in [1.165, 1.54) is 12.1 Å². The Balaban J connectivity index is 1.70. The van der Waals surface area contributed by atoms with Crippen molar-refractivity contribution in [1.82, 2.24) is 9.29 Å². The van der Waals surface area contributed by atoms with E-state index < -0.39 is 10.0 Å². The second-order valence-electron chi connectivity index (χ2n) is 7.08. The van der Waals surface area contributed by atoms with Crippen LogP contribution >= 0.6 is 0 Å². The summed E-state index contributed by atoms with van der Waals surface area (Å²) in [6.45, 7) is 1.96. The number of aryl methyl sites for hydroxylation is 1. The topological polar surface area (TPSA) is 109 Å². The normalized spacial score (nSPS) is 13.7. The predicted molar refractivity (Wildman–Crippen MR) is 111 cm³/mol. The minimum absolute atomic E-state index is 0.00745. The molecule has 2 N–H and O–H groups in total. The van der Waals surface area contributed by atoms with Gasteiger partial charge in [-0.05, 0) is 42.1 Å². The monoisotopic (exact) mass is 430 g/mol. The van der Waals surface area contributed by atoms with Gasteiger partial charge in [-0.25, -0.2) is 8.42 Å². The van der Waals surface area contributed by atoms with E-state index in [9.17, 15) is 18.3 Å². The standard InChI is InChI=1S/C21H22N2O6S/c1-14-2-3-15-11-16(21(25)22-18(15)10-14)13-23(6-7-24)30(26,27)17-4-5-19-20(12-17)29-9-8-28-19/h2-5,10-12,24H,6-9,13H2,1H3,(H,22,25). The third-order valence-electron chi connectivity index (χ3n) is 4.93. The molecule has 158 valence electrons. The van der Waals surface area contributed by atoms with Crippen molar-refractivity contribution in [3.63, 3.8) is 0 Å². The lowest BCUT2D eigenvalue weighted by Gasteiger charge is -2.23. The molecule has 9 heteroatoms. The molecule has 0 amide bonds. The number of benzene rings is 2. The van der Waals surface area contributed by atoms with E-state index >= 15 is 0 Å². The van der Waals surface area contributed by atoms with Gasteiger partial charge in [0.25, 0.3) is 5.56 Å². The highest BCUT2D eigenvalue weighted by molar-refractivity contribution is 7.89. The van der Waals surface area contributed by atoms with Gasteiger partial charge in [-0.3, -0.25) is 4.79 Å². The quantitative estimate of drug-likeness (QED) is 0.617. The first kappa shape index (κ1) is 20.4. The van der Waals surface area contributed by atoms with Crippen LogP contribution in [0.2, 0.25) is 0 Å². The van der Waals surface area contributed by atoms with Gasteiger partial charge in [0.2, 0.25) is 10.0 Å². The van der Waals surface area contributed by atoms with E-state index in [2.05, 4.69) is 4.98 Å². The van der Waals surface area contributed by atoms with Crippen molar-refractivity contribution in [1.29, 1.82) is 0 Å². The molecule has 3 aromatic rings. The molecule has 0 atom stereocenters. The molecule has 30 heavy (non-hydrogen) atoms. The first-order valence-electron chi connectivity index (χ1n) is 9.52. The van der Waals surface area contributed by atoms with Gasteiger partial charge in [0.05, 0.1) is 11.5 Å². The molecule has 4 rings (SSSR count). The van der Waals surface area contributed by atoms with Crippen molar-refractivity contribution >= 4 is 20.9 Å². The van der Waals surface area contributed by atoms with E-state index in [0.717, 1.165) is 15.3 Å². The van der Waals surface area contributed by atoms with E-state index in [0.29, 0.717) is 35.8 Å². The second kappa shape index (κ2) is 8.10. The average Bonchev–Trinajstić information content (AvgIpc) is 2.73. The third kappa shape index (κ3) is 3.91. The highest BCUT2D eigenvalue weighted by atomic mass is 32.2. The zero-order valence-corrected chi connectivity index (χ0v) is 17.2. The molecular formula is C21H22N2O6S. The Morgan fingerprint density at radius 1 is 1.07 bits per heavy atom. The molecule has 2 aromatic carbocycles. The smallest absolute Gasteiger partial charge is 0.252 e. The fourth-order valence-corrected chi connectivity index (χ4v) is 4.82. The number of nitrogens with zero attached hydrogens (tertiary/aromatic N) is 1. The SMILES string of the molecule is Cc1ccc2cc(CN(CCO)S(=O)(=O)c3ccc4c(c3)OCCO4)c(=O)[nH]c2c1. The molecule has 0 fully saturated rings. The van der Waals surface area contributed by atoms with Gasteiger partial charge < -0.3 is 19.6 Å². The Morgan fingerprint density at radius 2 is 1.83 bits per heavy atom. The number of nitrogens with one attached hydrogen (secondary N) is 1. The highest BCUT2D eigenvalue weighted by Crippen LogP contribution is 2.33. The number of aromatic amines is 1. The summed E-state index contributed by atoms with van der Waals surface area (Å²) in [7, 11) is -3.99. The Labute approximate surface area is 173 Å². The maximum Gasteiger partial charge on any atom is 0.252 e. The van der Waals surface area contributed by atoms with Crippen LogP contribution in [0.5, 0.6) is 11.5 Å². The molecule has 0 saturated carbocycles. The highest BCUT2D eigenvalue weighted by Gasteiger charge is 2.27. The Morgan fingerprint density at radius 3 is 2.60 bits per heavy atom. The van der Waals surface area contributed by atoms with Gasteiger partial charge in [-0.15, -0.1) is 0 Å². The molecule has 1 aliphatic heterocycles. The molecule has 0 saturated heterocycles. The van der Waals surface area contributed by atoms with Crippen molar-refractivity contribution in [2.24, 2.45) is 0 Å². The number of ether oxygens (including phenoxy) is 2. The van der Waals surface area contributed by atoms with Gasteiger partial charge >= 0.3 is 0 Å². The Kier molecular flexibility index (Phi) is 5.50. The molecule has 0 unspecified atom stereocenters. The number of aromatic nitrogens is 1. The molecule has 2 heterocycles. The first-order chi connectivity index (χ1) is 14.4. The first-order valence-corrected chi connectivity index (χ1v) is 11.0. The van der Waals surface area contributed by atoms with E-state index in [-0.39, 0.29) is 30.2 Å². The van der Waals surface area contributed by atoms with Crippen molar-refractivity contribution in [3.8, 4) is 11.5 Å². The number of aliphatic hydroxyl groups is 1. The fraction of sp³-hybridized carbons (Fsp3) is 0.286. The lowest BCUT2D eigenvalue weighted by atomic mass is 10.1. The molecular weight excluding hydrogens is 408 g/mol. The van der Waals surface area contributed by atoms with Crippen LogP contribution in [0.15, 0.2) is 52.2 Å². The Bertz CT molecular complexity index is 1250. The summed E-state index contributed by atoms with van der Waals surface area (Å²) in [5.41, 5.74) is 1.62.